The summed E-state index contributed by atoms with van der Waals surface area (Å²) in [6.45, 7) is 6.82. The summed E-state index contributed by atoms with van der Waals surface area (Å²) < 4.78 is 16.3. The highest BCUT2D eigenvalue weighted by Gasteiger charge is 2.69. The van der Waals surface area contributed by atoms with Gasteiger partial charge in [0.1, 0.15) is 6.61 Å². The monoisotopic (exact) mass is 516 g/mol. The lowest BCUT2D eigenvalue weighted by atomic mass is 9.45. The molecule has 1 N–H and O–H groups in total. The molecule has 8 atom stereocenters. The number of hydrogen-bond acceptors (Lipinski definition) is 8. The maximum Gasteiger partial charge on any atom is 0.333 e. The second-order valence-electron chi connectivity index (χ2n) is 12.0. The number of methoxy groups -OCH3 is 1. The predicted octanol–water partition coefficient (Wildman–Crippen LogP) is 3.21. The first-order valence-corrected chi connectivity index (χ1v) is 13.4. The molecule has 4 aliphatic carbocycles. The summed E-state index contributed by atoms with van der Waals surface area (Å²) >= 11 is 0. The zero-order valence-electron chi connectivity index (χ0n) is 22.6. The molecule has 3 fully saturated rings. The Labute approximate surface area is 218 Å². The van der Waals surface area contributed by atoms with Crippen molar-refractivity contribution in [2.24, 2.45) is 40.4 Å². The van der Waals surface area contributed by atoms with Crippen LogP contribution in [0.4, 0.5) is 0 Å². The molecule has 0 aliphatic heterocycles. The summed E-state index contributed by atoms with van der Waals surface area (Å²) in [6, 6.07) is 0. The highest BCUT2D eigenvalue weighted by Crippen LogP contribution is 2.68. The summed E-state index contributed by atoms with van der Waals surface area (Å²) in [5, 5.41) is 9.26. The predicted molar refractivity (Wildman–Crippen MR) is 134 cm³/mol. The van der Waals surface area contributed by atoms with Gasteiger partial charge < -0.3 is 19.3 Å². The van der Waals surface area contributed by atoms with E-state index >= 15 is 0 Å². The van der Waals surface area contributed by atoms with Crippen LogP contribution in [0.3, 0.4) is 0 Å². The molecule has 3 saturated carbocycles. The number of rotatable bonds is 8. The SMILES string of the molecule is COCC(=O)O[C@]1(C(=O)COC(=O)C(C)CO)CC[C@H]2[C@@H]3C[C@H](C)C4=CC(=O)C=C[C@]4(C)[C@H]3CC[C@@]21C. The largest absolute Gasteiger partial charge is 0.457 e. The van der Waals surface area contributed by atoms with E-state index in [0.29, 0.717) is 24.7 Å². The summed E-state index contributed by atoms with van der Waals surface area (Å²) in [5.41, 5.74) is -1.06. The average Bonchev–Trinajstić information content (AvgIpc) is 3.16. The van der Waals surface area contributed by atoms with Gasteiger partial charge in [-0.2, -0.15) is 0 Å². The van der Waals surface area contributed by atoms with E-state index in [9.17, 15) is 24.3 Å². The molecule has 8 heteroatoms. The van der Waals surface area contributed by atoms with Gasteiger partial charge in [0.05, 0.1) is 12.5 Å². The highest BCUT2D eigenvalue weighted by molar-refractivity contribution is 6.01. The first-order chi connectivity index (χ1) is 17.4. The number of aliphatic hydroxyl groups is 1. The van der Waals surface area contributed by atoms with Gasteiger partial charge in [0.25, 0.3) is 0 Å². The minimum atomic E-state index is -1.42. The molecule has 37 heavy (non-hydrogen) atoms. The number of carbonyl (C=O) groups excluding carboxylic acids is 4. The molecule has 204 valence electrons. The number of carbonyl (C=O) groups is 4. The Morgan fingerprint density at radius 2 is 1.84 bits per heavy atom. The normalized spacial score (nSPS) is 39.1. The van der Waals surface area contributed by atoms with Gasteiger partial charge in [-0.05, 0) is 74.9 Å². The average molecular weight is 517 g/mol. The van der Waals surface area contributed by atoms with E-state index in [4.69, 9.17) is 14.2 Å². The lowest BCUT2D eigenvalue weighted by Crippen LogP contribution is -2.60. The summed E-state index contributed by atoms with van der Waals surface area (Å²) in [4.78, 5) is 50.9. The van der Waals surface area contributed by atoms with Gasteiger partial charge >= 0.3 is 11.9 Å². The van der Waals surface area contributed by atoms with Crippen LogP contribution < -0.4 is 0 Å². The van der Waals surface area contributed by atoms with Crippen molar-refractivity contribution in [1.82, 2.24) is 0 Å². The number of fused-ring (bicyclic) bond motifs is 5. The molecule has 4 aliphatic rings. The second-order valence-corrected chi connectivity index (χ2v) is 12.0. The number of ketones is 2. The minimum Gasteiger partial charge on any atom is -0.457 e. The fourth-order valence-corrected chi connectivity index (χ4v) is 8.11. The first-order valence-electron chi connectivity index (χ1n) is 13.4. The Bertz CT molecular complexity index is 1030. The van der Waals surface area contributed by atoms with Gasteiger partial charge in [0.2, 0.25) is 5.78 Å². The van der Waals surface area contributed by atoms with Crippen molar-refractivity contribution in [3.05, 3.63) is 23.8 Å². The van der Waals surface area contributed by atoms with Crippen LogP contribution in [0.25, 0.3) is 0 Å². The van der Waals surface area contributed by atoms with Gasteiger partial charge in [-0.3, -0.25) is 14.4 Å². The van der Waals surface area contributed by atoms with Crippen molar-refractivity contribution in [2.75, 3.05) is 26.9 Å². The third-order valence-corrected chi connectivity index (χ3v) is 10.0. The molecule has 0 aromatic heterocycles. The smallest absolute Gasteiger partial charge is 0.333 e. The van der Waals surface area contributed by atoms with E-state index in [1.54, 1.807) is 6.08 Å². The van der Waals surface area contributed by atoms with Crippen LogP contribution in [-0.4, -0.2) is 61.1 Å². The van der Waals surface area contributed by atoms with Crippen LogP contribution >= 0.6 is 0 Å². The van der Waals surface area contributed by atoms with Gasteiger partial charge in [-0.25, -0.2) is 4.79 Å². The number of aliphatic hydroxyl groups excluding tert-OH is 1. The van der Waals surface area contributed by atoms with Crippen molar-refractivity contribution in [3.63, 3.8) is 0 Å². The molecule has 8 nitrogen and oxygen atoms in total. The van der Waals surface area contributed by atoms with Gasteiger partial charge in [0.15, 0.2) is 18.0 Å². The van der Waals surface area contributed by atoms with E-state index < -0.39 is 41.3 Å². The Morgan fingerprint density at radius 3 is 2.51 bits per heavy atom. The van der Waals surface area contributed by atoms with Crippen molar-refractivity contribution in [3.8, 4) is 0 Å². The number of Topliss-reactive ketones (excluding diaryl/α,β-unsaturated/α-hetero) is 1. The van der Waals surface area contributed by atoms with Crippen LogP contribution in [0.2, 0.25) is 0 Å². The molecule has 0 saturated heterocycles. The third kappa shape index (κ3) is 4.40. The molecular formula is C29H40O8. The second kappa shape index (κ2) is 10.1. The lowest BCUT2D eigenvalue weighted by Gasteiger charge is -2.59. The molecule has 0 amide bonds. The Balaban J connectivity index is 1.66. The van der Waals surface area contributed by atoms with Crippen LogP contribution in [-0.2, 0) is 33.4 Å². The Morgan fingerprint density at radius 1 is 1.14 bits per heavy atom. The topological polar surface area (TPSA) is 116 Å². The number of ether oxygens (including phenoxy) is 3. The van der Waals surface area contributed by atoms with Crippen molar-refractivity contribution >= 4 is 23.5 Å². The lowest BCUT2D eigenvalue weighted by molar-refractivity contribution is -0.195. The van der Waals surface area contributed by atoms with E-state index in [1.165, 1.54) is 19.6 Å². The summed E-state index contributed by atoms with van der Waals surface area (Å²) in [5.74, 6) is -1.43. The molecule has 0 heterocycles. The van der Waals surface area contributed by atoms with Crippen molar-refractivity contribution in [2.45, 2.75) is 65.4 Å². The number of esters is 2. The maximum atomic E-state index is 13.8. The van der Waals surface area contributed by atoms with E-state index in [0.717, 1.165) is 19.3 Å². The van der Waals surface area contributed by atoms with Crippen LogP contribution in [0.1, 0.15) is 59.8 Å². The fraction of sp³-hybridized carbons (Fsp3) is 0.724. The minimum absolute atomic E-state index is 0.0408. The molecule has 4 rings (SSSR count). The van der Waals surface area contributed by atoms with Crippen LogP contribution in [0.5, 0.6) is 0 Å². The van der Waals surface area contributed by atoms with E-state index in [-0.39, 0.29) is 36.2 Å². The molecule has 0 aromatic carbocycles. The summed E-state index contributed by atoms with van der Waals surface area (Å²) in [6.07, 6.45) is 9.06. The van der Waals surface area contributed by atoms with Crippen molar-refractivity contribution < 1.29 is 38.5 Å². The number of allylic oxidation sites excluding steroid dienone is 4. The number of hydrogen-bond donors (Lipinski definition) is 1. The van der Waals surface area contributed by atoms with Crippen LogP contribution in [0, 0.1) is 40.4 Å². The van der Waals surface area contributed by atoms with Gasteiger partial charge in [-0.15, -0.1) is 0 Å². The first kappa shape index (κ1) is 27.7. The maximum absolute atomic E-state index is 13.8. The van der Waals surface area contributed by atoms with E-state index in [1.807, 2.05) is 6.08 Å². The van der Waals surface area contributed by atoms with E-state index in [2.05, 4.69) is 26.8 Å². The summed E-state index contributed by atoms with van der Waals surface area (Å²) in [7, 11) is 1.40. The quantitative estimate of drug-likeness (QED) is 0.489. The molecule has 1 unspecified atom stereocenters. The van der Waals surface area contributed by atoms with Gasteiger partial charge in [-0.1, -0.05) is 32.4 Å². The van der Waals surface area contributed by atoms with Crippen LogP contribution in [0.15, 0.2) is 23.8 Å². The zero-order chi connectivity index (χ0) is 27.2. The highest BCUT2D eigenvalue weighted by atomic mass is 16.6. The third-order valence-electron chi connectivity index (χ3n) is 10.0. The Kier molecular flexibility index (Phi) is 7.56. The molecule has 0 radical (unpaired) electrons. The van der Waals surface area contributed by atoms with Crippen molar-refractivity contribution in [1.29, 1.82) is 0 Å². The fourth-order valence-electron chi connectivity index (χ4n) is 8.11. The molecular weight excluding hydrogens is 476 g/mol. The van der Waals surface area contributed by atoms with Gasteiger partial charge in [0, 0.05) is 17.9 Å². The standard InChI is InChI=1S/C29H40O8/c1-17-12-20-21(27(3)9-6-19(31)13-23(17)27)7-10-28(4)22(20)8-11-29(28,37-25(33)16-35-5)24(32)15-36-26(34)18(2)14-30/h6,9,13,17-18,20-22,30H,7-8,10-12,14-16H2,1-5H3/t17-,18?,20+,21-,22-,27+,28-,29-/m0/s1. The molecule has 0 spiro atoms. The molecule has 0 bridgehead atoms. The molecule has 0 aromatic rings. The zero-order valence-corrected chi connectivity index (χ0v) is 22.6. The Hall–Kier alpha value is -2.32.